The minimum atomic E-state index is -0.459. The molecule has 1 nitrogen and oxygen atoms in total. The molecule has 2 rings (SSSR count). The molecule has 0 N–H and O–H groups in total. The molecule has 0 aliphatic heterocycles. The second-order valence-corrected chi connectivity index (χ2v) is 5.44. The van der Waals surface area contributed by atoms with Gasteiger partial charge >= 0.3 is 0 Å². The van der Waals surface area contributed by atoms with Crippen molar-refractivity contribution in [2.75, 3.05) is 5.75 Å². The minimum absolute atomic E-state index is 0.158. The summed E-state index contributed by atoms with van der Waals surface area (Å²) in [6, 6.07) is 13.5. The van der Waals surface area contributed by atoms with Gasteiger partial charge in [-0.05, 0) is 29.8 Å². The van der Waals surface area contributed by atoms with Gasteiger partial charge in [0.1, 0.15) is 5.82 Å². The van der Waals surface area contributed by atoms with E-state index in [-0.39, 0.29) is 17.1 Å². The van der Waals surface area contributed by atoms with Crippen molar-refractivity contribution in [3.63, 3.8) is 0 Å². The predicted molar refractivity (Wildman–Crippen MR) is 78.3 cm³/mol. The lowest BCUT2D eigenvalue weighted by Gasteiger charge is -2.03. The van der Waals surface area contributed by atoms with E-state index in [0.717, 1.165) is 5.56 Å². The molecule has 0 saturated carbocycles. The van der Waals surface area contributed by atoms with Crippen molar-refractivity contribution in [1.29, 1.82) is 0 Å². The van der Waals surface area contributed by atoms with Gasteiger partial charge in [-0.25, -0.2) is 4.39 Å². The number of thioether (sulfide) groups is 1. The summed E-state index contributed by atoms with van der Waals surface area (Å²) in [6.07, 6.45) is 0. The van der Waals surface area contributed by atoms with E-state index in [2.05, 4.69) is 0 Å². The summed E-state index contributed by atoms with van der Waals surface area (Å²) in [4.78, 5) is 11.8. The van der Waals surface area contributed by atoms with Gasteiger partial charge in [-0.2, -0.15) is 0 Å². The Morgan fingerprint density at radius 2 is 1.79 bits per heavy atom. The Labute approximate surface area is 120 Å². The first-order chi connectivity index (χ1) is 9.16. The first-order valence-electron chi connectivity index (χ1n) is 5.77. The molecule has 0 spiro atoms. The maximum absolute atomic E-state index is 13.4. The van der Waals surface area contributed by atoms with Gasteiger partial charge in [0.15, 0.2) is 5.78 Å². The molecule has 98 valence electrons. The Hall–Kier alpha value is -1.32. The van der Waals surface area contributed by atoms with Gasteiger partial charge in [-0.3, -0.25) is 4.79 Å². The zero-order chi connectivity index (χ0) is 13.7. The highest BCUT2D eigenvalue weighted by Gasteiger charge is 2.10. The molecule has 0 radical (unpaired) electrons. The molecule has 19 heavy (non-hydrogen) atoms. The van der Waals surface area contributed by atoms with Crippen LogP contribution in [0.1, 0.15) is 15.9 Å². The van der Waals surface area contributed by atoms with Crippen LogP contribution in [-0.4, -0.2) is 11.5 Å². The summed E-state index contributed by atoms with van der Waals surface area (Å²) in [7, 11) is 0. The van der Waals surface area contributed by atoms with E-state index in [1.165, 1.54) is 23.9 Å². The van der Waals surface area contributed by atoms with Gasteiger partial charge in [0, 0.05) is 10.8 Å². The number of carbonyl (C=O) groups excluding carboxylic acids is 1. The standard InChI is InChI=1S/C15H12ClFOS/c16-12-7-5-11(6-8-12)9-19-10-15(18)13-3-1-2-4-14(13)17/h1-8H,9-10H2. The molecular formula is C15H12ClFOS. The molecule has 0 bridgehead atoms. The summed E-state index contributed by atoms with van der Waals surface area (Å²) in [5.74, 6) is 0.331. The van der Waals surface area contributed by atoms with E-state index in [1.54, 1.807) is 12.1 Å². The van der Waals surface area contributed by atoms with Crippen LogP contribution in [0, 0.1) is 5.82 Å². The largest absolute Gasteiger partial charge is 0.293 e. The van der Waals surface area contributed by atoms with Gasteiger partial charge in [-0.1, -0.05) is 35.9 Å². The van der Waals surface area contributed by atoms with Gasteiger partial charge in [0.25, 0.3) is 0 Å². The zero-order valence-electron chi connectivity index (χ0n) is 10.1. The van der Waals surface area contributed by atoms with Crippen LogP contribution in [0.15, 0.2) is 48.5 Å². The monoisotopic (exact) mass is 294 g/mol. The Morgan fingerprint density at radius 3 is 2.47 bits per heavy atom. The van der Waals surface area contributed by atoms with Gasteiger partial charge in [-0.15, -0.1) is 11.8 Å². The fraction of sp³-hybridized carbons (Fsp3) is 0.133. The predicted octanol–water partition coefficient (Wildman–Crippen LogP) is 4.60. The van der Waals surface area contributed by atoms with Crippen molar-refractivity contribution >= 4 is 29.1 Å². The summed E-state index contributed by atoms with van der Waals surface area (Å²) >= 11 is 7.26. The number of hydrogen-bond acceptors (Lipinski definition) is 2. The molecule has 0 aliphatic carbocycles. The summed E-state index contributed by atoms with van der Waals surface area (Å²) < 4.78 is 13.4. The normalized spacial score (nSPS) is 10.4. The van der Waals surface area contributed by atoms with Crippen LogP contribution in [0.5, 0.6) is 0 Å². The van der Waals surface area contributed by atoms with Crippen molar-refractivity contribution in [3.05, 3.63) is 70.5 Å². The average Bonchev–Trinajstić information content (AvgIpc) is 2.41. The first-order valence-corrected chi connectivity index (χ1v) is 7.30. The van der Waals surface area contributed by atoms with E-state index in [1.807, 2.05) is 24.3 Å². The van der Waals surface area contributed by atoms with E-state index < -0.39 is 5.82 Å². The van der Waals surface area contributed by atoms with Gasteiger partial charge in [0.2, 0.25) is 0 Å². The lowest BCUT2D eigenvalue weighted by molar-refractivity contribution is 0.101. The maximum atomic E-state index is 13.4. The topological polar surface area (TPSA) is 17.1 Å². The third kappa shape index (κ3) is 4.08. The van der Waals surface area contributed by atoms with Crippen LogP contribution in [-0.2, 0) is 5.75 Å². The van der Waals surface area contributed by atoms with Crippen LogP contribution in [0.25, 0.3) is 0 Å². The molecule has 4 heteroatoms. The fourth-order valence-electron chi connectivity index (χ4n) is 1.61. The molecule has 0 aliphatic rings. The maximum Gasteiger partial charge on any atom is 0.175 e. The van der Waals surface area contributed by atoms with Crippen LogP contribution in [0.2, 0.25) is 5.02 Å². The SMILES string of the molecule is O=C(CSCc1ccc(Cl)cc1)c1ccccc1F. The van der Waals surface area contributed by atoms with E-state index >= 15 is 0 Å². The third-order valence-electron chi connectivity index (χ3n) is 2.59. The quantitative estimate of drug-likeness (QED) is 0.750. The molecule has 2 aromatic rings. The Morgan fingerprint density at radius 1 is 1.11 bits per heavy atom. The molecule has 0 saturated heterocycles. The van der Waals surface area contributed by atoms with Crippen molar-refractivity contribution < 1.29 is 9.18 Å². The molecule has 0 aromatic heterocycles. The lowest BCUT2D eigenvalue weighted by atomic mass is 10.1. The smallest absolute Gasteiger partial charge is 0.175 e. The van der Waals surface area contributed by atoms with Crippen molar-refractivity contribution in [2.24, 2.45) is 0 Å². The van der Waals surface area contributed by atoms with E-state index in [9.17, 15) is 9.18 Å². The number of halogens is 2. The van der Waals surface area contributed by atoms with Crippen LogP contribution < -0.4 is 0 Å². The summed E-state index contributed by atoms with van der Waals surface area (Å²) in [5, 5.41) is 0.691. The highest BCUT2D eigenvalue weighted by atomic mass is 35.5. The van der Waals surface area contributed by atoms with Gasteiger partial charge in [0.05, 0.1) is 11.3 Å². The van der Waals surface area contributed by atoms with Crippen molar-refractivity contribution in [3.8, 4) is 0 Å². The molecule has 0 unspecified atom stereocenters. The van der Waals surface area contributed by atoms with Crippen molar-refractivity contribution in [1.82, 2.24) is 0 Å². The second kappa shape index (κ2) is 6.73. The minimum Gasteiger partial charge on any atom is -0.293 e. The zero-order valence-corrected chi connectivity index (χ0v) is 11.7. The first kappa shape index (κ1) is 14.1. The Bertz CT molecular complexity index is 569. The molecule has 2 aromatic carbocycles. The number of Topliss-reactive ketones (excluding diaryl/α,β-unsaturated/α-hetero) is 1. The number of ketones is 1. The molecule has 0 fully saturated rings. The summed E-state index contributed by atoms with van der Waals surface area (Å²) in [6.45, 7) is 0. The molecule has 0 atom stereocenters. The van der Waals surface area contributed by atoms with E-state index in [4.69, 9.17) is 11.6 Å². The Kier molecular flexibility index (Phi) is 5.00. The Balaban J connectivity index is 1.88. The lowest BCUT2D eigenvalue weighted by Crippen LogP contribution is -2.05. The van der Waals surface area contributed by atoms with Crippen molar-refractivity contribution in [2.45, 2.75) is 5.75 Å². The third-order valence-corrected chi connectivity index (χ3v) is 3.85. The van der Waals surface area contributed by atoms with E-state index in [0.29, 0.717) is 10.8 Å². The van der Waals surface area contributed by atoms with Gasteiger partial charge < -0.3 is 0 Å². The van der Waals surface area contributed by atoms with Crippen LogP contribution in [0.3, 0.4) is 0 Å². The number of rotatable bonds is 5. The number of benzene rings is 2. The van der Waals surface area contributed by atoms with Crippen LogP contribution in [0.4, 0.5) is 4.39 Å². The van der Waals surface area contributed by atoms with Crippen LogP contribution >= 0.6 is 23.4 Å². The second-order valence-electron chi connectivity index (χ2n) is 4.02. The fourth-order valence-corrected chi connectivity index (χ4v) is 2.60. The molecule has 0 heterocycles. The molecule has 0 amide bonds. The highest BCUT2D eigenvalue weighted by Crippen LogP contribution is 2.17. The highest BCUT2D eigenvalue weighted by molar-refractivity contribution is 7.99. The number of carbonyl (C=O) groups is 1. The number of hydrogen-bond donors (Lipinski definition) is 0. The summed E-state index contributed by atoms with van der Waals surface area (Å²) in [5.41, 5.74) is 1.25. The molecular weight excluding hydrogens is 283 g/mol. The average molecular weight is 295 g/mol.